The number of thioether (sulfide) groups is 1. The summed E-state index contributed by atoms with van der Waals surface area (Å²) in [6, 6.07) is 0. The first-order valence-electron chi connectivity index (χ1n) is 9.26. The maximum absolute atomic E-state index is 4.86. The summed E-state index contributed by atoms with van der Waals surface area (Å²) in [4.78, 5) is 9.57. The number of halogens is 1. The van der Waals surface area contributed by atoms with Crippen LogP contribution < -0.4 is 5.32 Å². The third kappa shape index (κ3) is 11.0. The Hall–Kier alpha value is 0.310. The normalized spacial score (nSPS) is 17.8. The molecule has 144 valence electrons. The minimum atomic E-state index is 0. The van der Waals surface area contributed by atoms with E-state index in [2.05, 4.69) is 61.7 Å². The number of nitrogens with zero attached hydrogens (tertiary/aromatic N) is 3. The molecule has 1 saturated heterocycles. The molecular formula is C18H39IN4S. The van der Waals surface area contributed by atoms with E-state index in [4.69, 9.17) is 4.99 Å². The number of unbranched alkanes of at least 4 members (excludes halogenated alkanes) is 4. The first-order chi connectivity index (χ1) is 10.9. The molecule has 0 amide bonds. The van der Waals surface area contributed by atoms with Crippen LogP contribution >= 0.6 is 35.7 Å². The zero-order valence-corrected chi connectivity index (χ0v) is 19.6. The van der Waals surface area contributed by atoms with Gasteiger partial charge in [-0.25, -0.2) is 0 Å². The van der Waals surface area contributed by atoms with Crippen molar-refractivity contribution in [3.05, 3.63) is 0 Å². The van der Waals surface area contributed by atoms with Gasteiger partial charge in [0.25, 0.3) is 0 Å². The number of rotatable bonds is 9. The Morgan fingerprint density at radius 1 is 1.17 bits per heavy atom. The monoisotopic (exact) mass is 470 g/mol. The Morgan fingerprint density at radius 3 is 2.46 bits per heavy atom. The number of aliphatic imine (C=N–C) groups is 1. The lowest BCUT2D eigenvalue weighted by molar-refractivity contribution is 0.375. The van der Waals surface area contributed by atoms with Gasteiger partial charge in [-0.2, -0.15) is 11.8 Å². The molecule has 0 radical (unpaired) electrons. The van der Waals surface area contributed by atoms with Crippen molar-refractivity contribution in [1.29, 1.82) is 0 Å². The van der Waals surface area contributed by atoms with E-state index >= 15 is 0 Å². The molecule has 1 rings (SSSR count). The second-order valence-corrected chi connectivity index (χ2v) is 9.14. The van der Waals surface area contributed by atoms with Crippen LogP contribution in [0.3, 0.4) is 0 Å². The largest absolute Gasteiger partial charge is 0.357 e. The number of hydrogen-bond donors (Lipinski definition) is 1. The number of hydrogen-bond acceptors (Lipinski definition) is 3. The van der Waals surface area contributed by atoms with Crippen LogP contribution in [0.2, 0.25) is 0 Å². The van der Waals surface area contributed by atoms with Crippen LogP contribution in [0.25, 0.3) is 0 Å². The second-order valence-electron chi connectivity index (χ2n) is 7.34. The van der Waals surface area contributed by atoms with Gasteiger partial charge < -0.3 is 15.1 Å². The summed E-state index contributed by atoms with van der Waals surface area (Å²) in [5, 5.41) is 3.47. The van der Waals surface area contributed by atoms with E-state index in [1.165, 1.54) is 44.4 Å². The van der Waals surface area contributed by atoms with E-state index in [1.807, 2.05) is 0 Å². The lowest BCUT2D eigenvalue weighted by Gasteiger charge is -2.39. The van der Waals surface area contributed by atoms with E-state index < -0.39 is 0 Å². The highest BCUT2D eigenvalue weighted by molar-refractivity contribution is 14.0. The molecule has 0 atom stereocenters. The van der Waals surface area contributed by atoms with E-state index in [1.54, 1.807) is 0 Å². The molecule has 1 N–H and O–H groups in total. The van der Waals surface area contributed by atoms with Crippen molar-refractivity contribution < 1.29 is 0 Å². The van der Waals surface area contributed by atoms with Gasteiger partial charge in [0.1, 0.15) is 0 Å². The topological polar surface area (TPSA) is 30.9 Å². The summed E-state index contributed by atoms with van der Waals surface area (Å²) >= 11 is 2.07. The zero-order chi connectivity index (χ0) is 17.1. The standard InChI is InChI=1S/C18H38N4S.HI/c1-6-19-17(22-14-15-23-18(2,3)16-22)20-12-10-8-7-9-11-13-21(4)5;/h6-16H2,1-5H3,(H,19,20);1H. The predicted octanol–water partition coefficient (Wildman–Crippen LogP) is 3.91. The van der Waals surface area contributed by atoms with Crippen molar-refractivity contribution in [2.45, 2.75) is 57.6 Å². The van der Waals surface area contributed by atoms with Crippen LogP contribution in [0.1, 0.15) is 52.9 Å². The van der Waals surface area contributed by atoms with Crippen LogP contribution in [0.4, 0.5) is 0 Å². The fourth-order valence-electron chi connectivity index (χ4n) is 2.88. The molecule has 0 aromatic heterocycles. The Kier molecular flexibility index (Phi) is 13.7. The lowest BCUT2D eigenvalue weighted by atomic mass is 10.1. The van der Waals surface area contributed by atoms with E-state index in [9.17, 15) is 0 Å². The molecule has 6 heteroatoms. The molecule has 1 aliphatic rings. The highest BCUT2D eigenvalue weighted by Gasteiger charge is 2.28. The number of guanidine groups is 1. The molecule has 4 nitrogen and oxygen atoms in total. The fraction of sp³-hybridized carbons (Fsp3) is 0.944. The summed E-state index contributed by atoms with van der Waals surface area (Å²) in [5.74, 6) is 2.32. The molecule has 1 aliphatic heterocycles. The van der Waals surface area contributed by atoms with E-state index in [-0.39, 0.29) is 24.0 Å². The van der Waals surface area contributed by atoms with Crippen molar-refractivity contribution in [1.82, 2.24) is 15.1 Å². The van der Waals surface area contributed by atoms with Crippen molar-refractivity contribution in [2.24, 2.45) is 4.99 Å². The van der Waals surface area contributed by atoms with Crippen LogP contribution in [0, 0.1) is 0 Å². The van der Waals surface area contributed by atoms with Gasteiger partial charge in [-0.1, -0.05) is 19.3 Å². The summed E-state index contributed by atoms with van der Waals surface area (Å²) in [7, 11) is 4.30. The molecule has 0 aromatic carbocycles. The summed E-state index contributed by atoms with van der Waals surface area (Å²) in [6.07, 6.45) is 6.52. The van der Waals surface area contributed by atoms with Crippen molar-refractivity contribution >= 4 is 41.7 Å². The van der Waals surface area contributed by atoms with Gasteiger partial charge in [-0.05, 0) is 54.3 Å². The van der Waals surface area contributed by atoms with E-state index in [0.717, 1.165) is 32.1 Å². The SMILES string of the molecule is CCNC(=NCCCCCCCN(C)C)N1CCSC(C)(C)C1.I. The lowest BCUT2D eigenvalue weighted by Crippen LogP contribution is -2.51. The second kappa shape index (κ2) is 13.5. The predicted molar refractivity (Wildman–Crippen MR) is 121 cm³/mol. The molecule has 1 heterocycles. The van der Waals surface area contributed by atoms with Crippen LogP contribution in [-0.4, -0.2) is 73.1 Å². The Labute approximate surface area is 171 Å². The molecule has 0 bridgehead atoms. The smallest absolute Gasteiger partial charge is 0.193 e. The first kappa shape index (κ1) is 24.3. The minimum Gasteiger partial charge on any atom is -0.357 e. The average Bonchev–Trinajstić information content (AvgIpc) is 2.47. The van der Waals surface area contributed by atoms with Gasteiger partial charge in [-0.3, -0.25) is 4.99 Å². The van der Waals surface area contributed by atoms with Crippen LogP contribution in [0.5, 0.6) is 0 Å². The van der Waals surface area contributed by atoms with Crippen molar-refractivity contribution in [2.75, 3.05) is 52.6 Å². The fourth-order valence-corrected chi connectivity index (χ4v) is 3.99. The minimum absolute atomic E-state index is 0. The summed E-state index contributed by atoms with van der Waals surface area (Å²) in [6.45, 7) is 12.2. The number of nitrogens with one attached hydrogen (secondary N) is 1. The maximum atomic E-state index is 4.86. The molecule has 24 heavy (non-hydrogen) atoms. The van der Waals surface area contributed by atoms with E-state index in [0.29, 0.717) is 4.75 Å². The van der Waals surface area contributed by atoms with Crippen molar-refractivity contribution in [3.63, 3.8) is 0 Å². The van der Waals surface area contributed by atoms with Gasteiger partial charge >= 0.3 is 0 Å². The van der Waals surface area contributed by atoms with Crippen LogP contribution in [-0.2, 0) is 0 Å². The zero-order valence-electron chi connectivity index (χ0n) is 16.4. The molecule has 1 fully saturated rings. The average molecular weight is 471 g/mol. The Balaban J connectivity index is 0.00000529. The van der Waals surface area contributed by atoms with Gasteiger partial charge in [0.2, 0.25) is 0 Å². The third-order valence-corrected chi connectivity index (χ3v) is 5.38. The maximum Gasteiger partial charge on any atom is 0.193 e. The van der Waals surface area contributed by atoms with Crippen LogP contribution in [0.15, 0.2) is 4.99 Å². The Bertz CT molecular complexity index is 348. The van der Waals surface area contributed by atoms with Gasteiger partial charge in [0, 0.05) is 36.7 Å². The molecule has 0 aromatic rings. The van der Waals surface area contributed by atoms with Gasteiger partial charge in [0.05, 0.1) is 0 Å². The quantitative estimate of drug-likeness (QED) is 0.240. The third-order valence-electron chi connectivity index (χ3n) is 4.09. The molecule has 0 unspecified atom stereocenters. The summed E-state index contributed by atoms with van der Waals surface area (Å²) < 4.78 is 0.334. The molecule has 0 saturated carbocycles. The van der Waals surface area contributed by atoms with Gasteiger partial charge in [0.15, 0.2) is 5.96 Å². The van der Waals surface area contributed by atoms with Crippen molar-refractivity contribution in [3.8, 4) is 0 Å². The molecule has 0 spiro atoms. The first-order valence-corrected chi connectivity index (χ1v) is 10.2. The highest BCUT2D eigenvalue weighted by Crippen LogP contribution is 2.29. The summed E-state index contributed by atoms with van der Waals surface area (Å²) in [5.41, 5.74) is 0. The molecule has 0 aliphatic carbocycles. The van der Waals surface area contributed by atoms with Gasteiger partial charge in [-0.15, -0.1) is 24.0 Å². The Morgan fingerprint density at radius 2 is 1.83 bits per heavy atom. The molecular weight excluding hydrogens is 431 g/mol. The highest BCUT2D eigenvalue weighted by atomic mass is 127.